The largest absolute Gasteiger partial charge is 0.482 e. The number of aromatic nitrogens is 3. The lowest BCUT2D eigenvalue weighted by Crippen LogP contribution is -2.38. The lowest BCUT2D eigenvalue weighted by molar-refractivity contribution is 0.228. The summed E-state index contributed by atoms with van der Waals surface area (Å²) < 4.78 is 7.82. The molecular weight excluding hydrogens is 404 g/mol. The zero-order valence-corrected chi connectivity index (χ0v) is 19.1. The fraction of sp³-hybridized carbons (Fsp3) is 0.304. The summed E-state index contributed by atoms with van der Waals surface area (Å²) in [7, 11) is 7.47. The second-order valence-electron chi connectivity index (χ2n) is 8.08. The van der Waals surface area contributed by atoms with E-state index >= 15 is 0 Å². The van der Waals surface area contributed by atoms with E-state index < -0.39 is 0 Å². The molecule has 0 fully saturated rings. The standard InChI is InChI=1S/C23H26N8O/c1-13-7-8-17-16(9-13)14(2)32-19-10-15(12-26-21(19)25)20-18(11-24)31(6)28-22(20)30(5)23(27-17)29(3)4/h7-10,12,14H,1-6H3,(H2,25,26)/b27-23-/t14-/m1/s1. The molecule has 2 aromatic heterocycles. The Morgan fingerprint density at radius 3 is 2.66 bits per heavy atom. The highest BCUT2D eigenvalue weighted by Gasteiger charge is 2.27. The maximum absolute atomic E-state index is 9.85. The number of rotatable bonds is 0. The minimum atomic E-state index is -0.329. The van der Waals surface area contributed by atoms with Gasteiger partial charge >= 0.3 is 0 Å². The maximum atomic E-state index is 9.85. The summed E-state index contributed by atoms with van der Waals surface area (Å²) in [6.07, 6.45) is 1.31. The third-order valence-electron chi connectivity index (χ3n) is 5.47. The maximum Gasteiger partial charge on any atom is 0.206 e. The second kappa shape index (κ2) is 7.89. The first kappa shape index (κ1) is 21.2. The van der Waals surface area contributed by atoms with Gasteiger partial charge in [-0.2, -0.15) is 10.4 Å². The average Bonchev–Trinajstić information content (AvgIpc) is 3.09. The number of nitrogen functional groups attached to an aromatic ring is 1. The first-order chi connectivity index (χ1) is 15.2. The van der Waals surface area contributed by atoms with Gasteiger partial charge in [-0.25, -0.2) is 9.98 Å². The molecule has 0 unspecified atom stereocenters. The van der Waals surface area contributed by atoms with E-state index in [0.29, 0.717) is 34.3 Å². The van der Waals surface area contributed by atoms with Crippen molar-refractivity contribution >= 4 is 23.3 Å². The molecule has 3 aromatic rings. The first-order valence-electron chi connectivity index (χ1n) is 10.2. The van der Waals surface area contributed by atoms with Crippen LogP contribution in [0.25, 0.3) is 11.1 Å². The van der Waals surface area contributed by atoms with Gasteiger partial charge in [0, 0.05) is 45.5 Å². The third-order valence-corrected chi connectivity index (χ3v) is 5.47. The third kappa shape index (κ3) is 3.50. The number of aryl methyl sites for hydroxylation is 2. The minimum Gasteiger partial charge on any atom is -0.482 e. The number of hydrogen-bond donors (Lipinski definition) is 1. The monoisotopic (exact) mass is 430 g/mol. The zero-order chi connectivity index (χ0) is 23.2. The highest BCUT2D eigenvalue weighted by molar-refractivity contribution is 6.00. The van der Waals surface area contributed by atoms with Crippen LogP contribution in [-0.2, 0) is 7.05 Å². The van der Waals surface area contributed by atoms with Gasteiger partial charge in [-0.05, 0) is 26.0 Å². The van der Waals surface area contributed by atoms with Crippen LogP contribution in [0, 0.1) is 18.3 Å². The summed E-state index contributed by atoms with van der Waals surface area (Å²) in [6.45, 7) is 3.99. The summed E-state index contributed by atoms with van der Waals surface area (Å²) in [5.74, 6) is 1.97. The second-order valence-corrected chi connectivity index (χ2v) is 8.08. The van der Waals surface area contributed by atoms with Gasteiger partial charge in [-0.15, -0.1) is 0 Å². The van der Waals surface area contributed by atoms with Crippen molar-refractivity contribution in [3.8, 4) is 22.9 Å². The number of guanidine groups is 1. The molecule has 0 aliphatic carbocycles. The normalized spacial score (nSPS) is 17.0. The molecule has 2 bridgehead atoms. The summed E-state index contributed by atoms with van der Waals surface area (Å²) in [5, 5.41) is 14.5. The first-order valence-corrected chi connectivity index (χ1v) is 10.2. The molecule has 9 nitrogen and oxygen atoms in total. The Balaban J connectivity index is 2.08. The van der Waals surface area contributed by atoms with Crippen molar-refractivity contribution < 1.29 is 4.74 Å². The molecule has 0 spiro atoms. The number of nitrogens with two attached hydrogens (primary N) is 1. The van der Waals surface area contributed by atoms with E-state index in [1.54, 1.807) is 17.9 Å². The van der Waals surface area contributed by atoms with Crippen LogP contribution in [0.15, 0.2) is 35.5 Å². The van der Waals surface area contributed by atoms with Crippen LogP contribution in [0.1, 0.15) is 29.8 Å². The van der Waals surface area contributed by atoms with Crippen LogP contribution in [-0.4, -0.2) is 46.8 Å². The molecule has 164 valence electrons. The van der Waals surface area contributed by atoms with Gasteiger partial charge in [0.05, 0.1) is 11.3 Å². The van der Waals surface area contributed by atoms with Crippen LogP contribution < -0.4 is 15.4 Å². The summed E-state index contributed by atoms with van der Waals surface area (Å²) >= 11 is 0. The fourth-order valence-corrected chi connectivity index (χ4v) is 3.86. The molecule has 1 atom stereocenters. The summed E-state index contributed by atoms with van der Waals surface area (Å²) in [6, 6.07) is 10.1. The fourth-order valence-electron chi connectivity index (χ4n) is 3.86. The lowest BCUT2D eigenvalue weighted by Gasteiger charge is -2.27. The highest BCUT2D eigenvalue weighted by Crippen LogP contribution is 2.39. The Bertz CT molecular complexity index is 1270. The Morgan fingerprint density at radius 1 is 1.22 bits per heavy atom. The van der Waals surface area contributed by atoms with E-state index in [0.717, 1.165) is 16.8 Å². The number of fused-ring (bicyclic) bond motifs is 5. The van der Waals surface area contributed by atoms with E-state index in [1.165, 1.54) is 0 Å². The van der Waals surface area contributed by atoms with Crippen molar-refractivity contribution in [3.05, 3.63) is 47.3 Å². The molecule has 32 heavy (non-hydrogen) atoms. The van der Waals surface area contributed by atoms with Crippen molar-refractivity contribution in [1.82, 2.24) is 19.7 Å². The van der Waals surface area contributed by atoms with E-state index in [4.69, 9.17) is 15.5 Å². The molecule has 2 N–H and O–H groups in total. The molecule has 0 amide bonds. The van der Waals surface area contributed by atoms with Crippen LogP contribution in [0.3, 0.4) is 0 Å². The Morgan fingerprint density at radius 2 is 1.97 bits per heavy atom. The predicted molar refractivity (Wildman–Crippen MR) is 125 cm³/mol. The minimum absolute atomic E-state index is 0.279. The van der Waals surface area contributed by atoms with Crippen LogP contribution in [0.5, 0.6) is 5.75 Å². The van der Waals surface area contributed by atoms with Gasteiger partial charge in [0.1, 0.15) is 17.9 Å². The van der Waals surface area contributed by atoms with Gasteiger partial charge in [0.25, 0.3) is 0 Å². The van der Waals surface area contributed by atoms with E-state index in [-0.39, 0.29) is 11.9 Å². The quantitative estimate of drug-likeness (QED) is 0.582. The molecular formula is C23H26N8O. The Kier molecular flexibility index (Phi) is 5.22. The van der Waals surface area contributed by atoms with Gasteiger partial charge in [0.2, 0.25) is 5.96 Å². The van der Waals surface area contributed by atoms with E-state index in [2.05, 4.69) is 22.2 Å². The number of ether oxygens (including phenoxy) is 1. The number of benzene rings is 1. The zero-order valence-electron chi connectivity index (χ0n) is 19.1. The number of nitriles is 1. The molecule has 1 aliphatic heterocycles. The molecule has 9 heteroatoms. The average molecular weight is 431 g/mol. The number of nitrogens with zero attached hydrogens (tertiary/aromatic N) is 7. The predicted octanol–water partition coefficient (Wildman–Crippen LogP) is 3.38. The molecule has 0 saturated heterocycles. The number of hydrogen-bond acceptors (Lipinski definition) is 8. The van der Waals surface area contributed by atoms with Gasteiger partial charge in [-0.3, -0.25) is 9.58 Å². The smallest absolute Gasteiger partial charge is 0.206 e. The van der Waals surface area contributed by atoms with E-state index in [1.807, 2.05) is 63.0 Å². The molecule has 1 aromatic carbocycles. The molecule has 0 saturated carbocycles. The summed E-state index contributed by atoms with van der Waals surface area (Å²) in [5.41, 5.74) is 10.7. The number of aliphatic imine (C=N–C) groups is 1. The van der Waals surface area contributed by atoms with Crippen molar-refractivity contribution in [1.29, 1.82) is 5.26 Å². The molecule has 4 rings (SSSR count). The number of pyridine rings is 1. The van der Waals surface area contributed by atoms with Crippen molar-refractivity contribution in [2.75, 3.05) is 31.8 Å². The molecule has 0 radical (unpaired) electrons. The lowest BCUT2D eigenvalue weighted by atomic mass is 10.0. The topological polar surface area (TPSA) is 109 Å². The highest BCUT2D eigenvalue weighted by atomic mass is 16.5. The van der Waals surface area contributed by atoms with Crippen molar-refractivity contribution in [3.63, 3.8) is 0 Å². The van der Waals surface area contributed by atoms with Crippen LogP contribution in [0.4, 0.5) is 17.3 Å². The van der Waals surface area contributed by atoms with Crippen LogP contribution >= 0.6 is 0 Å². The molecule has 3 heterocycles. The molecule has 1 aliphatic rings. The van der Waals surface area contributed by atoms with Crippen molar-refractivity contribution in [2.45, 2.75) is 20.0 Å². The van der Waals surface area contributed by atoms with Crippen LogP contribution in [0.2, 0.25) is 0 Å². The van der Waals surface area contributed by atoms with Gasteiger partial charge in [-0.1, -0.05) is 17.7 Å². The van der Waals surface area contributed by atoms with Gasteiger partial charge in [0.15, 0.2) is 17.4 Å². The summed E-state index contributed by atoms with van der Waals surface area (Å²) in [4.78, 5) is 13.1. The van der Waals surface area contributed by atoms with Gasteiger partial charge < -0.3 is 15.4 Å². The van der Waals surface area contributed by atoms with E-state index in [9.17, 15) is 5.26 Å². The Labute approximate surface area is 187 Å². The SMILES string of the molecule is Cc1ccc2c(c1)[C@@H](C)Oc1cc(cnc1N)-c1c(nn(C)c1C#N)N(C)/C(N(C)C)=N\2. The van der Waals surface area contributed by atoms with Crippen molar-refractivity contribution in [2.24, 2.45) is 12.0 Å². The Hall–Kier alpha value is -4.06. The number of anilines is 2.